The lowest BCUT2D eigenvalue weighted by atomic mass is 9.50. The second kappa shape index (κ2) is 6.39. The Labute approximate surface area is 160 Å². The number of fused-ring (bicyclic) bond motifs is 2. The second-order valence-electron chi connectivity index (χ2n) is 9.44. The molecule has 1 spiro atoms. The lowest BCUT2D eigenvalue weighted by molar-refractivity contribution is -0.586. The van der Waals surface area contributed by atoms with Gasteiger partial charge in [0.1, 0.15) is 0 Å². The van der Waals surface area contributed by atoms with Crippen molar-refractivity contribution in [2.45, 2.75) is 84.3 Å². The molecule has 0 amide bonds. The Morgan fingerprint density at radius 2 is 1.96 bits per heavy atom. The van der Waals surface area contributed by atoms with E-state index in [1.165, 1.54) is 0 Å². The molecule has 7 nitrogen and oxygen atoms in total. The van der Waals surface area contributed by atoms with E-state index in [9.17, 15) is 9.90 Å². The number of aliphatic hydroxyl groups is 1. The molecule has 4 aliphatic heterocycles. The molecule has 1 aliphatic carbocycles. The molecule has 5 fully saturated rings. The summed E-state index contributed by atoms with van der Waals surface area (Å²) < 4.78 is 18.2. The fourth-order valence-electron chi connectivity index (χ4n) is 5.61. The van der Waals surface area contributed by atoms with Crippen molar-refractivity contribution in [2.75, 3.05) is 6.61 Å². The van der Waals surface area contributed by atoms with Crippen molar-refractivity contribution in [1.82, 2.24) is 0 Å². The highest BCUT2D eigenvalue weighted by molar-refractivity contribution is 5.72. The van der Waals surface area contributed by atoms with E-state index in [1.54, 1.807) is 6.92 Å². The van der Waals surface area contributed by atoms with Gasteiger partial charge >= 0.3 is 5.97 Å². The molecule has 5 aliphatic rings. The van der Waals surface area contributed by atoms with Crippen LogP contribution < -0.4 is 0 Å². The first kappa shape index (κ1) is 19.6. The molecule has 4 heterocycles. The quantitative estimate of drug-likeness (QED) is 0.592. The molecule has 5 rings (SSSR count). The fourth-order valence-corrected chi connectivity index (χ4v) is 5.61. The van der Waals surface area contributed by atoms with Gasteiger partial charge in [-0.05, 0) is 44.9 Å². The summed E-state index contributed by atoms with van der Waals surface area (Å²) in [6.07, 6.45) is 2.28. The zero-order valence-electron chi connectivity index (χ0n) is 16.9. The van der Waals surface area contributed by atoms with Gasteiger partial charge in [-0.25, -0.2) is 9.78 Å². The Morgan fingerprint density at radius 3 is 2.67 bits per heavy atom. The standard InChI is InChI=1S/C20H32O7/c1-11-6-8-18(4)13(3)16(23-15(22)12(2)10-21)24-17-20(18)14(11)7-9-19(5,25-17)26-27-20/h11-14,16-17,21H,6-10H2,1-5H3/t11-,12?,13+,14+,16+,17-,18+,19-,20+/m1/s1. The van der Waals surface area contributed by atoms with Gasteiger partial charge in [-0.2, -0.15) is 0 Å². The van der Waals surface area contributed by atoms with E-state index in [0.717, 1.165) is 25.7 Å². The van der Waals surface area contributed by atoms with Crippen molar-refractivity contribution < 1.29 is 33.9 Å². The van der Waals surface area contributed by atoms with E-state index in [-0.39, 0.29) is 23.9 Å². The van der Waals surface area contributed by atoms with Crippen LogP contribution in [0.4, 0.5) is 0 Å². The maximum Gasteiger partial charge on any atom is 0.313 e. The molecule has 1 N–H and O–H groups in total. The average molecular weight is 384 g/mol. The van der Waals surface area contributed by atoms with Gasteiger partial charge in [-0.15, -0.1) is 0 Å². The van der Waals surface area contributed by atoms with Gasteiger partial charge in [-0.3, -0.25) is 4.79 Å². The van der Waals surface area contributed by atoms with Gasteiger partial charge in [0.2, 0.25) is 12.1 Å². The Hall–Kier alpha value is -0.730. The molecule has 1 unspecified atom stereocenters. The van der Waals surface area contributed by atoms with Crippen LogP contribution in [0, 0.1) is 29.1 Å². The highest BCUT2D eigenvalue weighted by atomic mass is 17.3. The summed E-state index contributed by atoms with van der Waals surface area (Å²) >= 11 is 0. The zero-order valence-corrected chi connectivity index (χ0v) is 16.9. The molecule has 0 aromatic rings. The van der Waals surface area contributed by atoms with Crippen LogP contribution in [0.2, 0.25) is 0 Å². The molecule has 9 atom stereocenters. The first-order valence-electron chi connectivity index (χ1n) is 10.2. The number of hydrogen-bond acceptors (Lipinski definition) is 7. The van der Waals surface area contributed by atoms with Gasteiger partial charge in [-0.1, -0.05) is 20.8 Å². The molecule has 0 aromatic heterocycles. The largest absolute Gasteiger partial charge is 0.435 e. The van der Waals surface area contributed by atoms with Gasteiger partial charge in [0.15, 0.2) is 11.9 Å². The molecular weight excluding hydrogens is 352 g/mol. The van der Waals surface area contributed by atoms with Crippen LogP contribution in [0.3, 0.4) is 0 Å². The SMILES string of the molecule is CC(CO)C(=O)O[C@H]1O[C@@H]2O[C@@]3(C)CC[C@H]4[C@H](C)CC[C@@](C)([C@H]1C)[C@@]24OO3. The van der Waals surface area contributed by atoms with Crippen LogP contribution >= 0.6 is 0 Å². The predicted molar refractivity (Wildman–Crippen MR) is 93.8 cm³/mol. The molecule has 4 saturated heterocycles. The molecular formula is C20H32O7. The maximum atomic E-state index is 12.3. The first-order valence-corrected chi connectivity index (χ1v) is 10.2. The third-order valence-electron chi connectivity index (χ3n) is 7.80. The fraction of sp³-hybridized carbons (Fsp3) is 0.950. The minimum absolute atomic E-state index is 0.103. The second-order valence-corrected chi connectivity index (χ2v) is 9.44. The van der Waals surface area contributed by atoms with Crippen molar-refractivity contribution in [3.63, 3.8) is 0 Å². The van der Waals surface area contributed by atoms with Crippen LogP contribution in [0.5, 0.6) is 0 Å². The zero-order chi connectivity index (χ0) is 19.6. The molecule has 0 aromatic carbocycles. The molecule has 27 heavy (non-hydrogen) atoms. The number of ether oxygens (including phenoxy) is 3. The van der Waals surface area contributed by atoms with Crippen LogP contribution in [0.15, 0.2) is 0 Å². The molecule has 1 saturated carbocycles. The monoisotopic (exact) mass is 384 g/mol. The third-order valence-corrected chi connectivity index (χ3v) is 7.80. The van der Waals surface area contributed by atoms with Gasteiger partial charge in [0, 0.05) is 17.8 Å². The summed E-state index contributed by atoms with van der Waals surface area (Å²) in [5, 5.41) is 9.26. The topological polar surface area (TPSA) is 83.5 Å². The third kappa shape index (κ3) is 2.62. The number of hydrogen-bond donors (Lipinski definition) is 1. The maximum absolute atomic E-state index is 12.3. The normalized spacial score (nSPS) is 52.6. The van der Waals surface area contributed by atoms with Crippen molar-refractivity contribution in [3.05, 3.63) is 0 Å². The first-order chi connectivity index (χ1) is 12.7. The lowest BCUT2D eigenvalue weighted by Crippen LogP contribution is -2.74. The Morgan fingerprint density at radius 1 is 1.22 bits per heavy atom. The Bertz CT molecular complexity index is 611. The van der Waals surface area contributed by atoms with Crippen molar-refractivity contribution >= 4 is 5.97 Å². The van der Waals surface area contributed by atoms with Crippen molar-refractivity contribution in [3.8, 4) is 0 Å². The van der Waals surface area contributed by atoms with Crippen LogP contribution in [0.25, 0.3) is 0 Å². The van der Waals surface area contributed by atoms with Crippen LogP contribution in [0.1, 0.15) is 60.3 Å². The molecule has 154 valence electrons. The lowest BCUT2D eigenvalue weighted by Gasteiger charge is -2.65. The highest BCUT2D eigenvalue weighted by Gasteiger charge is 2.74. The van der Waals surface area contributed by atoms with Gasteiger partial charge < -0.3 is 19.3 Å². The summed E-state index contributed by atoms with van der Waals surface area (Å²) in [6, 6.07) is 0. The molecule has 0 radical (unpaired) electrons. The Kier molecular flexibility index (Phi) is 4.63. The van der Waals surface area contributed by atoms with E-state index < -0.39 is 35.9 Å². The minimum atomic E-state index is -0.860. The van der Waals surface area contributed by atoms with E-state index in [4.69, 9.17) is 24.0 Å². The molecule has 7 heteroatoms. The summed E-state index contributed by atoms with van der Waals surface area (Å²) in [5.74, 6) is -1.29. The summed E-state index contributed by atoms with van der Waals surface area (Å²) in [4.78, 5) is 24.3. The highest BCUT2D eigenvalue weighted by Crippen LogP contribution is 2.66. The number of carbonyl (C=O) groups excluding carboxylic acids is 1. The number of aliphatic hydroxyl groups excluding tert-OH is 1. The predicted octanol–water partition coefficient (Wildman–Crippen LogP) is 2.76. The smallest absolute Gasteiger partial charge is 0.313 e. The number of esters is 1. The van der Waals surface area contributed by atoms with Crippen LogP contribution in [-0.2, 0) is 28.8 Å². The number of rotatable bonds is 3. The van der Waals surface area contributed by atoms with E-state index in [2.05, 4.69) is 13.8 Å². The average Bonchev–Trinajstić information content (AvgIpc) is 2.87. The van der Waals surface area contributed by atoms with Crippen LogP contribution in [-0.4, -0.2) is 41.7 Å². The molecule has 2 bridgehead atoms. The summed E-state index contributed by atoms with van der Waals surface area (Å²) in [6.45, 7) is 9.75. The summed E-state index contributed by atoms with van der Waals surface area (Å²) in [7, 11) is 0. The minimum Gasteiger partial charge on any atom is -0.435 e. The Balaban J connectivity index is 1.71. The van der Waals surface area contributed by atoms with Gasteiger partial charge in [0.25, 0.3) is 0 Å². The summed E-state index contributed by atoms with van der Waals surface area (Å²) in [5.41, 5.74) is -1.04. The van der Waals surface area contributed by atoms with E-state index in [0.29, 0.717) is 5.92 Å². The van der Waals surface area contributed by atoms with E-state index in [1.807, 2.05) is 13.8 Å². The van der Waals surface area contributed by atoms with E-state index >= 15 is 0 Å². The van der Waals surface area contributed by atoms with Crippen molar-refractivity contribution in [1.29, 1.82) is 0 Å². The van der Waals surface area contributed by atoms with Crippen molar-refractivity contribution in [2.24, 2.45) is 29.1 Å². The van der Waals surface area contributed by atoms with Gasteiger partial charge in [0.05, 0.1) is 12.5 Å². The number of carbonyl (C=O) groups is 1.